The Labute approximate surface area is 119 Å². The summed E-state index contributed by atoms with van der Waals surface area (Å²) in [5.74, 6) is 0.168. The molecule has 0 radical (unpaired) electrons. The van der Waals surface area contributed by atoms with Crippen molar-refractivity contribution in [3.05, 3.63) is 23.2 Å². The summed E-state index contributed by atoms with van der Waals surface area (Å²) >= 11 is 6.00. The van der Waals surface area contributed by atoms with E-state index in [1.54, 1.807) is 30.1 Å². The van der Waals surface area contributed by atoms with Crippen LogP contribution in [0.3, 0.4) is 0 Å². The molecule has 1 aliphatic rings. The van der Waals surface area contributed by atoms with Gasteiger partial charge in [-0.1, -0.05) is 31.4 Å². The maximum Gasteiger partial charge on any atom is 0.232 e. The van der Waals surface area contributed by atoms with Crippen LogP contribution in [0.25, 0.3) is 0 Å². The molecule has 0 aliphatic heterocycles. The molecule has 1 aromatic carbocycles. The number of anilines is 2. The fraction of sp³-hybridized carbons (Fsp3) is 0.533. The smallest absolute Gasteiger partial charge is 0.232 e. The molecule has 1 aromatic rings. The van der Waals surface area contributed by atoms with E-state index in [9.17, 15) is 4.79 Å². The van der Waals surface area contributed by atoms with E-state index in [1.165, 1.54) is 0 Å². The number of rotatable bonds is 3. The van der Waals surface area contributed by atoms with E-state index in [0.29, 0.717) is 16.4 Å². The molecule has 104 valence electrons. The predicted molar refractivity (Wildman–Crippen MR) is 80.5 cm³/mol. The summed E-state index contributed by atoms with van der Waals surface area (Å²) in [5, 5.41) is 0.598. The van der Waals surface area contributed by atoms with Crippen molar-refractivity contribution in [2.45, 2.75) is 39.0 Å². The zero-order chi connectivity index (χ0) is 14.0. The first kappa shape index (κ1) is 14.2. The van der Waals surface area contributed by atoms with Gasteiger partial charge < -0.3 is 10.6 Å². The van der Waals surface area contributed by atoms with Crippen LogP contribution in [0.1, 0.15) is 39.0 Å². The molecule has 0 aromatic heterocycles. The molecular weight excluding hydrogens is 260 g/mol. The van der Waals surface area contributed by atoms with Crippen LogP contribution in [-0.4, -0.2) is 13.0 Å². The number of halogens is 1. The highest BCUT2D eigenvalue weighted by Gasteiger charge is 2.41. The summed E-state index contributed by atoms with van der Waals surface area (Å²) in [5.41, 5.74) is 7.05. The van der Waals surface area contributed by atoms with E-state index < -0.39 is 0 Å². The van der Waals surface area contributed by atoms with Crippen LogP contribution in [0.5, 0.6) is 0 Å². The molecule has 1 amide bonds. The first-order chi connectivity index (χ1) is 9.00. The van der Waals surface area contributed by atoms with E-state index in [4.69, 9.17) is 17.3 Å². The molecule has 0 heterocycles. The molecule has 2 N–H and O–H groups in total. The van der Waals surface area contributed by atoms with E-state index in [-0.39, 0.29) is 11.3 Å². The Morgan fingerprint density at radius 3 is 2.63 bits per heavy atom. The van der Waals surface area contributed by atoms with Crippen LogP contribution in [0, 0.1) is 5.41 Å². The summed E-state index contributed by atoms with van der Waals surface area (Å²) in [6.45, 7) is 2.10. The van der Waals surface area contributed by atoms with Crippen molar-refractivity contribution in [2.75, 3.05) is 17.7 Å². The minimum atomic E-state index is -0.205. The van der Waals surface area contributed by atoms with Gasteiger partial charge in [0.1, 0.15) is 0 Å². The Hall–Kier alpha value is -1.22. The fourth-order valence-electron chi connectivity index (χ4n) is 3.04. The van der Waals surface area contributed by atoms with Gasteiger partial charge in [-0.3, -0.25) is 4.79 Å². The second-order valence-electron chi connectivity index (χ2n) is 5.41. The van der Waals surface area contributed by atoms with Crippen molar-refractivity contribution in [3.8, 4) is 0 Å². The van der Waals surface area contributed by atoms with Crippen LogP contribution >= 0.6 is 11.6 Å². The van der Waals surface area contributed by atoms with Crippen molar-refractivity contribution in [2.24, 2.45) is 5.41 Å². The molecule has 0 unspecified atom stereocenters. The van der Waals surface area contributed by atoms with Gasteiger partial charge in [0.2, 0.25) is 5.91 Å². The largest absolute Gasteiger partial charge is 0.397 e. The lowest BCUT2D eigenvalue weighted by Gasteiger charge is -2.32. The number of amides is 1. The predicted octanol–water partition coefficient (Wildman–Crippen LogP) is 3.86. The summed E-state index contributed by atoms with van der Waals surface area (Å²) < 4.78 is 0. The summed E-state index contributed by atoms with van der Waals surface area (Å²) in [4.78, 5) is 14.5. The Kier molecular flexibility index (Phi) is 4.04. The average molecular weight is 281 g/mol. The molecule has 4 heteroatoms. The lowest BCUT2D eigenvalue weighted by molar-refractivity contribution is -0.127. The van der Waals surface area contributed by atoms with Gasteiger partial charge >= 0.3 is 0 Å². The molecule has 19 heavy (non-hydrogen) atoms. The first-order valence-corrected chi connectivity index (χ1v) is 7.21. The van der Waals surface area contributed by atoms with Crippen molar-refractivity contribution in [1.29, 1.82) is 0 Å². The number of carbonyl (C=O) groups is 1. The van der Waals surface area contributed by atoms with Gasteiger partial charge in [-0.05, 0) is 37.5 Å². The van der Waals surface area contributed by atoms with Crippen LogP contribution in [0.4, 0.5) is 11.4 Å². The molecule has 0 atom stereocenters. The molecule has 1 fully saturated rings. The lowest BCUT2D eigenvalue weighted by Crippen LogP contribution is -2.40. The fourth-order valence-corrected chi connectivity index (χ4v) is 3.21. The third-order valence-electron chi connectivity index (χ3n) is 4.35. The molecule has 3 nitrogen and oxygen atoms in total. The van der Waals surface area contributed by atoms with Crippen LogP contribution < -0.4 is 10.6 Å². The van der Waals surface area contributed by atoms with Crippen molar-refractivity contribution in [1.82, 2.24) is 0 Å². The second kappa shape index (κ2) is 5.41. The van der Waals surface area contributed by atoms with Crippen molar-refractivity contribution in [3.63, 3.8) is 0 Å². The van der Waals surface area contributed by atoms with Gasteiger partial charge in [0.05, 0.1) is 11.4 Å². The van der Waals surface area contributed by atoms with Gasteiger partial charge in [-0.2, -0.15) is 0 Å². The normalized spacial score (nSPS) is 17.4. The summed E-state index contributed by atoms with van der Waals surface area (Å²) in [6.07, 6.45) is 5.12. The first-order valence-electron chi connectivity index (χ1n) is 6.83. The Bertz CT molecular complexity index is 481. The topological polar surface area (TPSA) is 46.3 Å². The van der Waals surface area contributed by atoms with E-state index >= 15 is 0 Å². The van der Waals surface area contributed by atoms with E-state index in [2.05, 4.69) is 6.92 Å². The Balaban J connectivity index is 2.30. The van der Waals surface area contributed by atoms with Crippen LogP contribution in [-0.2, 0) is 4.79 Å². The zero-order valence-electron chi connectivity index (χ0n) is 11.6. The maximum absolute atomic E-state index is 12.8. The van der Waals surface area contributed by atoms with Crippen molar-refractivity contribution >= 4 is 28.9 Å². The standard InChI is InChI=1S/C15H21ClN2O/c1-3-15(8-4-5-9-15)14(19)18(2)13-10-11(16)6-7-12(13)17/h6-7,10H,3-5,8-9,17H2,1-2H3. The Morgan fingerprint density at radius 1 is 1.42 bits per heavy atom. The van der Waals surface area contributed by atoms with Gasteiger partial charge in [0, 0.05) is 17.5 Å². The molecule has 1 saturated carbocycles. The number of nitrogens with two attached hydrogens (primary N) is 1. The molecule has 0 spiro atoms. The third-order valence-corrected chi connectivity index (χ3v) is 4.58. The minimum Gasteiger partial charge on any atom is -0.397 e. The third kappa shape index (κ3) is 2.57. The number of nitrogens with zero attached hydrogens (tertiary/aromatic N) is 1. The van der Waals surface area contributed by atoms with E-state index in [1.807, 2.05) is 0 Å². The van der Waals surface area contributed by atoms with Crippen LogP contribution in [0.2, 0.25) is 5.02 Å². The van der Waals surface area contributed by atoms with Gasteiger partial charge in [-0.15, -0.1) is 0 Å². The maximum atomic E-state index is 12.8. The van der Waals surface area contributed by atoms with E-state index in [0.717, 1.165) is 32.1 Å². The molecule has 0 saturated heterocycles. The SMILES string of the molecule is CCC1(C(=O)N(C)c2cc(Cl)ccc2N)CCCC1. The highest BCUT2D eigenvalue weighted by Crippen LogP contribution is 2.43. The summed E-state index contributed by atoms with van der Waals surface area (Å²) in [6, 6.07) is 5.24. The second-order valence-corrected chi connectivity index (χ2v) is 5.84. The highest BCUT2D eigenvalue weighted by atomic mass is 35.5. The van der Waals surface area contributed by atoms with Gasteiger partial charge in [0.25, 0.3) is 0 Å². The number of benzene rings is 1. The van der Waals surface area contributed by atoms with Crippen molar-refractivity contribution < 1.29 is 4.79 Å². The van der Waals surface area contributed by atoms with Gasteiger partial charge in [0.15, 0.2) is 0 Å². The number of nitrogen functional groups attached to an aromatic ring is 1. The monoisotopic (exact) mass is 280 g/mol. The molecule has 2 rings (SSSR count). The lowest BCUT2D eigenvalue weighted by atomic mass is 9.82. The highest BCUT2D eigenvalue weighted by molar-refractivity contribution is 6.31. The molecular formula is C15H21ClN2O. The summed E-state index contributed by atoms with van der Waals surface area (Å²) in [7, 11) is 1.79. The molecule has 0 bridgehead atoms. The number of carbonyl (C=O) groups excluding carboxylic acids is 1. The quantitative estimate of drug-likeness (QED) is 0.855. The Morgan fingerprint density at radius 2 is 2.05 bits per heavy atom. The van der Waals surface area contributed by atoms with Gasteiger partial charge in [-0.25, -0.2) is 0 Å². The zero-order valence-corrected chi connectivity index (χ0v) is 12.3. The molecule has 1 aliphatic carbocycles. The minimum absolute atomic E-state index is 0.168. The average Bonchev–Trinajstić information content (AvgIpc) is 2.90. The number of hydrogen-bond acceptors (Lipinski definition) is 2. The van der Waals surface area contributed by atoms with Crippen LogP contribution in [0.15, 0.2) is 18.2 Å². The number of hydrogen-bond donors (Lipinski definition) is 1.